The summed E-state index contributed by atoms with van der Waals surface area (Å²) in [5.41, 5.74) is 1.61. The molecule has 0 bridgehead atoms. The van der Waals surface area contributed by atoms with Gasteiger partial charge in [0, 0.05) is 44.2 Å². The second kappa shape index (κ2) is 7.20. The monoisotopic (exact) mass is 341 g/mol. The smallest absolute Gasteiger partial charge is 0.229 e. The molecule has 0 N–H and O–H groups in total. The van der Waals surface area contributed by atoms with Crippen LogP contribution in [0.5, 0.6) is 0 Å². The zero-order chi connectivity index (χ0) is 16.4. The molecule has 1 amide bonds. The first-order valence-electron chi connectivity index (χ1n) is 8.26. The molecule has 0 aliphatic carbocycles. The van der Waals surface area contributed by atoms with Crippen LogP contribution in [0.25, 0.3) is 0 Å². The van der Waals surface area contributed by atoms with Gasteiger partial charge in [0.2, 0.25) is 11.1 Å². The first-order chi connectivity index (χ1) is 11.1. The molecule has 7 heteroatoms. The van der Waals surface area contributed by atoms with E-state index in [2.05, 4.69) is 17.0 Å². The lowest BCUT2D eigenvalue weighted by Gasteiger charge is -2.34. The molecule has 0 aromatic carbocycles. The van der Waals surface area contributed by atoms with Crippen molar-refractivity contribution in [3.63, 3.8) is 0 Å². The normalized spacial score (nSPS) is 26.0. The van der Waals surface area contributed by atoms with E-state index in [1.807, 2.05) is 11.8 Å². The van der Waals surface area contributed by atoms with Gasteiger partial charge in [-0.25, -0.2) is 0 Å². The Bertz CT molecular complexity index is 537. The van der Waals surface area contributed by atoms with Crippen molar-refractivity contribution < 1.29 is 14.1 Å². The van der Waals surface area contributed by atoms with Crippen LogP contribution in [-0.4, -0.2) is 66.3 Å². The van der Waals surface area contributed by atoms with Crippen molar-refractivity contribution in [2.75, 3.05) is 39.4 Å². The van der Waals surface area contributed by atoms with E-state index >= 15 is 0 Å². The van der Waals surface area contributed by atoms with Gasteiger partial charge in [-0.15, -0.1) is 0 Å². The van der Waals surface area contributed by atoms with Crippen molar-refractivity contribution in [2.45, 2.75) is 32.7 Å². The van der Waals surface area contributed by atoms with Crippen molar-refractivity contribution in [2.24, 2.45) is 5.92 Å². The number of hydrogen-bond donors (Lipinski definition) is 0. The average molecular weight is 342 g/mol. The Labute approximate surface area is 141 Å². The van der Waals surface area contributed by atoms with E-state index in [4.69, 9.17) is 20.9 Å². The maximum atomic E-state index is 12.5. The highest BCUT2D eigenvalue weighted by molar-refractivity contribution is 6.29. The van der Waals surface area contributed by atoms with Crippen LogP contribution < -0.4 is 0 Å². The molecule has 128 valence electrons. The number of ether oxygens (including phenoxy) is 1. The second-order valence-electron chi connectivity index (χ2n) is 6.51. The number of rotatable bonds is 4. The highest BCUT2D eigenvalue weighted by Crippen LogP contribution is 2.25. The Hall–Kier alpha value is -1.11. The average Bonchev–Trinajstić information content (AvgIpc) is 3.09. The minimum atomic E-state index is 0.185. The summed E-state index contributed by atoms with van der Waals surface area (Å²) in [6.45, 7) is 9.24. The molecule has 3 heterocycles. The van der Waals surface area contributed by atoms with Gasteiger partial charge in [-0.1, -0.05) is 12.1 Å². The standard InChI is InChI=1S/C16H24ClN3O3/c1-11-9-20(10-14(11)19-5-7-22-8-6-19)15(21)4-3-13-12(2)18-23-16(13)17/h11,14H,3-10H2,1-2H3/t11-,14+/m0/s1. The van der Waals surface area contributed by atoms with Gasteiger partial charge in [0.25, 0.3) is 0 Å². The number of morpholine rings is 1. The third-order valence-corrected chi connectivity index (χ3v) is 5.26. The van der Waals surface area contributed by atoms with Gasteiger partial charge >= 0.3 is 0 Å². The molecular weight excluding hydrogens is 318 g/mol. The topological polar surface area (TPSA) is 58.8 Å². The van der Waals surface area contributed by atoms with Crippen molar-refractivity contribution in [1.82, 2.24) is 15.0 Å². The summed E-state index contributed by atoms with van der Waals surface area (Å²) >= 11 is 5.96. The first kappa shape index (κ1) is 16.7. The predicted molar refractivity (Wildman–Crippen MR) is 86.5 cm³/mol. The molecule has 2 fully saturated rings. The van der Waals surface area contributed by atoms with E-state index in [1.165, 1.54) is 0 Å². The summed E-state index contributed by atoms with van der Waals surface area (Å²) in [5.74, 6) is 0.683. The molecular formula is C16H24ClN3O3. The molecule has 2 atom stereocenters. The lowest BCUT2D eigenvalue weighted by molar-refractivity contribution is -0.130. The molecule has 2 aliphatic rings. The van der Waals surface area contributed by atoms with Crippen molar-refractivity contribution in [3.8, 4) is 0 Å². The van der Waals surface area contributed by atoms with E-state index < -0.39 is 0 Å². The van der Waals surface area contributed by atoms with Gasteiger partial charge in [-0.2, -0.15) is 0 Å². The van der Waals surface area contributed by atoms with Crippen LogP contribution >= 0.6 is 11.6 Å². The van der Waals surface area contributed by atoms with Gasteiger partial charge in [0.1, 0.15) is 0 Å². The van der Waals surface area contributed by atoms with Crippen LogP contribution in [0.4, 0.5) is 0 Å². The van der Waals surface area contributed by atoms with Gasteiger partial charge in [0.05, 0.1) is 18.9 Å². The number of carbonyl (C=O) groups is 1. The third kappa shape index (κ3) is 3.70. The molecule has 0 radical (unpaired) electrons. The number of halogens is 1. The van der Waals surface area contributed by atoms with E-state index in [-0.39, 0.29) is 5.91 Å². The molecule has 2 saturated heterocycles. The number of aromatic nitrogens is 1. The fraction of sp³-hybridized carbons (Fsp3) is 0.750. The molecule has 1 aromatic rings. The quantitative estimate of drug-likeness (QED) is 0.835. The summed E-state index contributed by atoms with van der Waals surface area (Å²) in [6.07, 6.45) is 1.03. The number of hydrogen-bond acceptors (Lipinski definition) is 5. The summed E-state index contributed by atoms with van der Waals surface area (Å²) in [7, 11) is 0. The van der Waals surface area contributed by atoms with Crippen LogP contribution in [0.15, 0.2) is 4.52 Å². The van der Waals surface area contributed by atoms with Crippen LogP contribution in [0, 0.1) is 12.8 Å². The Kier molecular flexibility index (Phi) is 5.24. The van der Waals surface area contributed by atoms with E-state index in [9.17, 15) is 4.79 Å². The zero-order valence-corrected chi connectivity index (χ0v) is 14.5. The lowest BCUT2D eigenvalue weighted by Crippen LogP contribution is -2.47. The summed E-state index contributed by atoms with van der Waals surface area (Å²) in [4.78, 5) is 17.0. The largest absolute Gasteiger partial charge is 0.379 e. The Morgan fingerprint density at radius 2 is 2.09 bits per heavy atom. The Morgan fingerprint density at radius 1 is 1.35 bits per heavy atom. The first-order valence-corrected chi connectivity index (χ1v) is 8.64. The number of amides is 1. The summed E-state index contributed by atoms with van der Waals surface area (Å²) < 4.78 is 10.4. The van der Waals surface area contributed by atoms with E-state index in [0.29, 0.717) is 30.0 Å². The molecule has 1 aromatic heterocycles. The fourth-order valence-electron chi connectivity index (χ4n) is 3.57. The minimum Gasteiger partial charge on any atom is -0.379 e. The number of carbonyl (C=O) groups excluding carboxylic acids is 1. The van der Waals surface area contributed by atoms with Crippen LogP contribution in [0.2, 0.25) is 5.22 Å². The molecule has 0 saturated carbocycles. The maximum absolute atomic E-state index is 12.5. The number of likely N-dealkylation sites (tertiary alicyclic amines) is 1. The molecule has 23 heavy (non-hydrogen) atoms. The van der Waals surface area contributed by atoms with Crippen LogP contribution in [-0.2, 0) is 16.0 Å². The van der Waals surface area contributed by atoms with Crippen molar-refractivity contribution in [3.05, 3.63) is 16.5 Å². The highest BCUT2D eigenvalue weighted by Gasteiger charge is 2.36. The van der Waals surface area contributed by atoms with Crippen LogP contribution in [0.1, 0.15) is 24.6 Å². The molecule has 0 spiro atoms. The highest BCUT2D eigenvalue weighted by atomic mass is 35.5. The number of nitrogens with zero attached hydrogens (tertiary/aromatic N) is 3. The van der Waals surface area contributed by atoms with Gasteiger partial charge in [-0.3, -0.25) is 9.69 Å². The molecule has 3 rings (SSSR count). The SMILES string of the molecule is Cc1noc(Cl)c1CCC(=O)N1C[C@@H](N2CCOCC2)[C@@H](C)C1. The molecule has 6 nitrogen and oxygen atoms in total. The van der Waals surface area contributed by atoms with Crippen molar-refractivity contribution in [1.29, 1.82) is 0 Å². The summed E-state index contributed by atoms with van der Waals surface area (Å²) in [6, 6.07) is 0.448. The second-order valence-corrected chi connectivity index (χ2v) is 6.86. The lowest BCUT2D eigenvalue weighted by atomic mass is 10.0. The predicted octanol–water partition coefficient (Wildman–Crippen LogP) is 1.75. The van der Waals surface area contributed by atoms with Gasteiger partial charge in [0.15, 0.2) is 0 Å². The Balaban J connectivity index is 1.54. The number of aryl methyl sites for hydroxylation is 1. The summed E-state index contributed by atoms with van der Waals surface area (Å²) in [5, 5.41) is 4.13. The van der Waals surface area contributed by atoms with Gasteiger partial charge < -0.3 is 14.2 Å². The fourth-order valence-corrected chi connectivity index (χ4v) is 3.83. The van der Waals surface area contributed by atoms with E-state index in [0.717, 1.165) is 50.7 Å². The molecule has 2 aliphatic heterocycles. The van der Waals surface area contributed by atoms with E-state index in [1.54, 1.807) is 0 Å². The molecule has 0 unspecified atom stereocenters. The Morgan fingerprint density at radius 3 is 2.74 bits per heavy atom. The van der Waals surface area contributed by atoms with Crippen molar-refractivity contribution >= 4 is 17.5 Å². The van der Waals surface area contributed by atoms with Gasteiger partial charge in [-0.05, 0) is 30.9 Å². The minimum absolute atomic E-state index is 0.185. The zero-order valence-electron chi connectivity index (χ0n) is 13.8. The third-order valence-electron chi connectivity index (χ3n) is 4.97. The van der Waals surface area contributed by atoms with Crippen LogP contribution in [0.3, 0.4) is 0 Å². The maximum Gasteiger partial charge on any atom is 0.229 e.